The fourth-order valence-electron chi connectivity index (χ4n) is 2.32. The minimum atomic E-state index is -0.252. The largest absolute Gasteiger partial charge is 0.296 e. The maximum Gasteiger partial charge on any atom is 0.258 e. The molecule has 4 nitrogen and oxygen atoms in total. The van der Waals surface area contributed by atoms with E-state index in [0.717, 1.165) is 15.5 Å². The number of benzene rings is 2. The average molecular weight is 416 g/mol. The number of carbonyl (C=O) groups excluding carboxylic acids is 1. The van der Waals surface area contributed by atoms with E-state index in [1.54, 1.807) is 23.9 Å². The Kier molecular flexibility index (Phi) is 6.66. The summed E-state index contributed by atoms with van der Waals surface area (Å²) in [5, 5.41) is 12.5. The van der Waals surface area contributed by atoms with Crippen LogP contribution in [0.3, 0.4) is 0 Å². The van der Waals surface area contributed by atoms with Gasteiger partial charge in [0.05, 0.1) is 0 Å². The highest BCUT2D eigenvalue weighted by atomic mass is 35.5. The number of halogens is 1. The number of nitrogens with zero attached hydrogens (tertiary/aromatic N) is 2. The molecular formula is C20H18ClN3OS2. The van der Waals surface area contributed by atoms with Gasteiger partial charge in [0.15, 0.2) is 4.34 Å². The number of hydrogen-bond donors (Lipinski definition) is 1. The Bertz CT molecular complexity index is 955. The minimum Gasteiger partial charge on any atom is -0.296 e. The molecule has 0 aliphatic carbocycles. The zero-order chi connectivity index (χ0) is 19.2. The third-order valence-electron chi connectivity index (χ3n) is 3.50. The van der Waals surface area contributed by atoms with Crippen molar-refractivity contribution >= 4 is 57.4 Å². The summed E-state index contributed by atoms with van der Waals surface area (Å²) in [5.74, 6) is -0.252. The predicted octanol–water partition coefficient (Wildman–Crippen LogP) is 5.87. The SMILES string of the molecule is CC(C)Sc1nnc(NC(=O)/C(=C/c2ccccc2Cl)c2ccccc2)s1. The summed E-state index contributed by atoms with van der Waals surface area (Å²) in [6.45, 7) is 4.17. The van der Waals surface area contributed by atoms with E-state index < -0.39 is 0 Å². The third-order valence-corrected chi connectivity index (χ3v) is 5.77. The Hall–Kier alpha value is -2.15. The topological polar surface area (TPSA) is 54.9 Å². The molecule has 3 aromatic rings. The van der Waals surface area contributed by atoms with Gasteiger partial charge in [-0.05, 0) is 23.3 Å². The zero-order valence-corrected chi connectivity index (χ0v) is 17.2. The zero-order valence-electron chi connectivity index (χ0n) is 14.8. The van der Waals surface area contributed by atoms with Crippen LogP contribution >= 0.6 is 34.7 Å². The first-order chi connectivity index (χ1) is 13.0. The van der Waals surface area contributed by atoms with Gasteiger partial charge in [-0.15, -0.1) is 10.2 Å². The molecule has 3 rings (SSSR count). The normalized spacial score (nSPS) is 11.6. The second-order valence-corrected chi connectivity index (χ2v) is 9.15. The maximum atomic E-state index is 13.0. The molecule has 27 heavy (non-hydrogen) atoms. The lowest BCUT2D eigenvalue weighted by atomic mass is 10.0. The molecule has 7 heteroatoms. The van der Waals surface area contributed by atoms with Gasteiger partial charge in [-0.2, -0.15) is 0 Å². The van der Waals surface area contributed by atoms with Crippen molar-refractivity contribution in [1.82, 2.24) is 10.2 Å². The Morgan fingerprint density at radius 1 is 1.11 bits per heavy atom. The van der Waals surface area contributed by atoms with Gasteiger partial charge < -0.3 is 0 Å². The van der Waals surface area contributed by atoms with Crippen LogP contribution in [0.15, 0.2) is 58.9 Å². The molecule has 138 valence electrons. The van der Waals surface area contributed by atoms with Crippen molar-refractivity contribution in [2.75, 3.05) is 5.32 Å². The molecule has 0 aliphatic heterocycles. The molecule has 0 atom stereocenters. The van der Waals surface area contributed by atoms with Gasteiger partial charge in [-0.1, -0.05) is 97.1 Å². The number of thioether (sulfide) groups is 1. The van der Waals surface area contributed by atoms with Crippen LogP contribution in [0.25, 0.3) is 11.6 Å². The lowest BCUT2D eigenvalue weighted by Crippen LogP contribution is -2.13. The molecule has 1 N–H and O–H groups in total. The minimum absolute atomic E-state index is 0.252. The van der Waals surface area contributed by atoms with Crippen LogP contribution in [-0.4, -0.2) is 21.4 Å². The molecule has 1 aromatic heterocycles. The molecular weight excluding hydrogens is 398 g/mol. The molecule has 0 bridgehead atoms. The second-order valence-electron chi connectivity index (χ2n) is 5.94. The Labute approximate surface area is 171 Å². The number of amides is 1. The quantitative estimate of drug-likeness (QED) is 0.236. The van der Waals surface area contributed by atoms with Gasteiger partial charge in [0, 0.05) is 15.8 Å². The highest BCUT2D eigenvalue weighted by Crippen LogP contribution is 2.30. The highest BCUT2D eigenvalue weighted by Gasteiger charge is 2.16. The van der Waals surface area contributed by atoms with Crippen molar-refractivity contribution in [2.45, 2.75) is 23.4 Å². The maximum absolute atomic E-state index is 13.0. The van der Waals surface area contributed by atoms with E-state index in [1.165, 1.54) is 11.3 Å². The van der Waals surface area contributed by atoms with Crippen LogP contribution < -0.4 is 5.32 Å². The van der Waals surface area contributed by atoms with Crippen molar-refractivity contribution in [3.05, 3.63) is 70.7 Å². The van der Waals surface area contributed by atoms with Crippen LogP contribution in [0.4, 0.5) is 5.13 Å². The molecule has 1 amide bonds. The van der Waals surface area contributed by atoms with E-state index in [2.05, 4.69) is 29.4 Å². The van der Waals surface area contributed by atoms with Crippen LogP contribution in [0.2, 0.25) is 5.02 Å². The molecule has 2 aromatic carbocycles. The fraction of sp³-hybridized carbons (Fsp3) is 0.150. The summed E-state index contributed by atoms with van der Waals surface area (Å²) >= 11 is 9.26. The summed E-state index contributed by atoms with van der Waals surface area (Å²) in [6, 6.07) is 16.9. The number of nitrogens with one attached hydrogen (secondary N) is 1. The van der Waals surface area contributed by atoms with Crippen LogP contribution in [0.1, 0.15) is 25.0 Å². The van der Waals surface area contributed by atoms with E-state index in [1.807, 2.05) is 48.5 Å². The molecule has 0 radical (unpaired) electrons. The summed E-state index contributed by atoms with van der Waals surface area (Å²) < 4.78 is 0.830. The van der Waals surface area contributed by atoms with Gasteiger partial charge in [-0.3, -0.25) is 10.1 Å². The lowest BCUT2D eigenvalue weighted by Gasteiger charge is -2.08. The molecule has 0 spiro atoms. The predicted molar refractivity (Wildman–Crippen MR) is 115 cm³/mol. The standard InChI is InChI=1S/C20H18ClN3OS2/c1-13(2)26-20-24-23-19(27-20)22-18(25)16(14-8-4-3-5-9-14)12-15-10-6-7-11-17(15)21/h3-13H,1-2H3,(H,22,23,25)/b16-12+. The van der Waals surface area contributed by atoms with Crippen molar-refractivity contribution in [3.8, 4) is 0 Å². The Balaban J connectivity index is 1.90. The van der Waals surface area contributed by atoms with E-state index in [-0.39, 0.29) is 5.91 Å². The van der Waals surface area contributed by atoms with E-state index in [0.29, 0.717) is 21.0 Å². The average Bonchev–Trinajstić information content (AvgIpc) is 3.07. The Morgan fingerprint density at radius 2 is 1.81 bits per heavy atom. The molecule has 0 saturated carbocycles. The first-order valence-electron chi connectivity index (χ1n) is 8.36. The summed E-state index contributed by atoms with van der Waals surface area (Å²) in [5.41, 5.74) is 2.09. The van der Waals surface area contributed by atoms with Crippen LogP contribution in [-0.2, 0) is 4.79 Å². The number of anilines is 1. The van der Waals surface area contributed by atoms with Gasteiger partial charge in [0.1, 0.15) is 0 Å². The van der Waals surface area contributed by atoms with Crippen LogP contribution in [0.5, 0.6) is 0 Å². The number of hydrogen-bond acceptors (Lipinski definition) is 5. The van der Waals surface area contributed by atoms with Gasteiger partial charge in [0.2, 0.25) is 5.13 Å². The number of carbonyl (C=O) groups is 1. The van der Waals surface area contributed by atoms with Crippen LogP contribution in [0, 0.1) is 0 Å². The Morgan fingerprint density at radius 3 is 2.52 bits per heavy atom. The molecule has 0 unspecified atom stereocenters. The van der Waals surface area contributed by atoms with Gasteiger partial charge >= 0.3 is 0 Å². The van der Waals surface area contributed by atoms with E-state index in [4.69, 9.17) is 11.6 Å². The van der Waals surface area contributed by atoms with E-state index >= 15 is 0 Å². The first kappa shape index (κ1) is 19.6. The lowest BCUT2D eigenvalue weighted by molar-refractivity contribution is -0.111. The molecule has 0 aliphatic rings. The highest BCUT2D eigenvalue weighted by molar-refractivity contribution is 8.01. The van der Waals surface area contributed by atoms with Crippen molar-refractivity contribution in [1.29, 1.82) is 0 Å². The monoisotopic (exact) mass is 415 g/mol. The summed E-state index contributed by atoms with van der Waals surface area (Å²) in [4.78, 5) is 13.0. The third kappa shape index (κ3) is 5.42. The molecule has 0 fully saturated rings. The van der Waals surface area contributed by atoms with Crippen molar-refractivity contribution in [3.63, 3.8) is 0 Å². The molecule has 0 saturated heterocycles. The van der Waals surface area contributed by atoms with Gasteiger partial charge in [0.25, 0.3) is 5.91 Å². The second kappa shape index (κ2) is 9.17. The van der Waals surface area contributed by atoms with E-state index in [9.17, 15) is 4.79 Å². The fourth-order valence-corrected chi connectivity index (χ4v) is 4.48. The number of rotatable bonds is 6. The summed E-state index contributed by atoms with van der Waals surface area (Å²) in [6.07, 6.45) is 1.79. The summed E-state index contributed by atoms with van der Waals surface area (Å²) in [7, 11) is 0. The molecule has 1 heterocycles. The van der Waals surface area contributed by atoms with Crippen molar-refractivity contribution < 1.29 is 4.79 Å². The number of aromatic nitrogens is 2. The van der Waals surface area contributed by atoms with Gasteiger partial charge in [-0.25, -0.2) is 0 Å². The van der Waals surface area contributed by atoms with Crippen molar-refractivity contribution in [2.24, 2.45) is 0 Å². The first-order valence-corrected chi connectivity index (χ1v) is 10.4. The smallest absolute Gasteiger partial charge is 0.258 e.